The number of rotatable bonds is 3. The molecule has 2 saturated carbocycles. The van der Waals surface area contributed by atoms with Gasteiger partial charge < -0.3 is 5.11 Å². The van der Waals surface area contributed by atoms with Crippen molar-refractivity contribution in [3.8, 4) is 0 Å². The normalized spacial score (nSPS) is 37.4. The van der Waals surface area contributed by atoms with Crippen LogP contribution >= 0.6 is 0 Å². The van der Waals surface area contributed by atoms with E-state index in [0.29, 0.717) is 11.3 Å². The Kier molecular flexibility index (Phi) is 1.96. The van der Waals surface area contributed by atoms with Crippen molar-refractivity contribution in [2.75, 3.05) is 0 Å². The number of carboxylic acids is 1. The zero-order chi connectivity index (χ0) is 10.6. The van der Waals surface area contributed by atoms with Crippen molar-refractivity contribution in [2.45, 2.75) is 46.5 Å². The Morgan fingerprint density at radius 2 is 2.00 bits per heavy atom. The summed E-state index contributed by atoms with van der Waals surface area (Å²) < 4.78 is 0. The summed E-state index contributed by atoms with van der Waals surface area (Å²) in [6.07, 6.45) is 4.96. The lowest BCUT2D eigenvalue weighted by atomic mass is 9.62. The molecular formula is C12H20O2. The summed E-state index contributed by atoms with van der Waals surface area (Å²) in [7, 11) is 0. The van der Waals surface area contributed by atoms with E-state index in [1.165, 1.54) is 19.3 Å². The SMILES string of the molecule is CCC1([C@H]2[C@H](C(=O)O)C2(C)C)CCC1. The van der Waals surface area contributed by atoms with E-state index in [-0.39, 0.29) is 11.3 Å². The minimum absolute atomic E-state index is 0.0439. The Bertz CT molecular complexity index is 258. The summed E-state index contributed by atoms with van der Waals surface area (Å²) in [6, 6.07) is 0. The Labute approximate surface area is 85.7 Å². The third-order valence-electron chi connectivity index (χ3n) is 4.81. The maximum Gasteiger partial charge on any atom is 0.307 e. The lowest BCUT2D eigenvalue weighted by molar-refractivity contribution is -0.140. The zero-order valence-electron chi connectivity index (χ0n) is 9.34. The molecular weight excluding hydrogens is 176 g/mol. The van der Waals surface area contributed by atoms with Gasteiger partial charge in [0.15, 0.2) is 0 Å². The summed E-state index contributed by atoms with van der Waals surface area (Å²) in [6.45, 7) is 6.45. The highest BCUT2D eigenvalue weighted by Crippen LogP contribution is 2.71. The van der Waals surface area contributed by atoms with E-state index in [9.17, 15) is 4.79 Å². The summed E-state index contributed by atoms with van der Waals surface area (Å²) >= 11 is 0. The smallest absolute Gasteiger partial charge is 0.307 e. The van der Waals surface area contributed by atoms with Crippen LogP contribution in [-0.2, 0) is 4.79 Å². The lowest BCUT2D eigenvalue weighted by Gasteiger charge is -2.43. The molecule has 0 spiro atoms. The van der Waals surface area contributed by atoms with Gasteiger partial charge in [0, 0.05) is 0 Å². The molecule has 0 saturated heterocycles. The quantitative estimate of drug-likeness (QED) is 0.753. The van der Waals surface area contributed by atoms with E-state index in [4.69, 9.17) is 5.11 Å². The highest BCUT2D eigenvalue weighted by atomic mass is 16.4. The van der Waals surface area contributed by atoms with Gasteiger partial charge in [-0.3, -0.25) is 4.79 Å². The average molecular weight is 196 g/mol. The van der Waals surface area contributed by atoms with Crippen LogP contribution in [0.5, 0.6) is 0 Å². The molecule has 0 unspecified atom stereocenters. The fraction of sp³-hybridized carbons (Fsp3) is 0.917. The second-order valence-corrected chi connectivity index (χ2v) is 5.68. The molecule has 2 fully saturated rings. The van der Waals surface area contributed by atoms with Crippen molar-refractivity contribution in [1.29, 1.82) is 0 Å². The van der Waals surface area contributed by atoms with Gasteiger partial charge in [0.1, 0.15) is 0 Å². The first-order valence-corrected chi connectivity index (χ1v) is 5.68. The van der Waals surface area contributed by atoms with Gasteiger partial charge in [0.05, 0.1) is 5.92 Å². The van der Waals surface area contributed by atoms with Gasteiger partial charge in [-0.25, -0.2) is 0 Å². The fourth-order valence-electron chi connectivity index (χ4n) is 3.76. The van der Waals surface area contributed by atoms with E-state index >= 15 is 0 Å². The molecule has 2 rings (SSSR count). The molecule has 0 bridgehead atoms. The molecule has 0 radical (unpaired) electrons. The molecule has 1 N–H and O–H groups in total. The molecule has 0 aromatic heterocycles. The average Bonchev–Trinajstić information content (AvgIpc) is 2.54. The Hall–Kier alpha value is -0.530. The maximum absolute atomic E-state index is 11.1. The van der Waals surface area contributed by atoms with Crippen LogP contribution in [-0.4, -0.2) is 11.1 Å². The van der Waals surface area contributed by atoms with Crippen molar-refractivity contribution >= 4 is 5.97 Å². The molecule has 2 aliphatic carbocycles. The zero-order valence-corrected chi connectivity index (χ0v) is 9.34. The van der Waals surface area contributed by atoms with Crippen LogP contribution in [0.1, 0.15) is 46.5 Å². The predicted octanol–water partition coefficient (Wildman–Crippen LogP) is 2.92. The summed E-state index contributed by atoms with van der Waals surface area (Å²) in [4.78, 5) is 11.1. The van der Waals surface area contributed by atoms with Gasteiger partial charge in [-0.1, -0.05) is 33.6 Å². The topological polar surface area (TPSA) is 37.3 Å². The molecule has 2 aliphatic rings. The lowest BCUT2D eigenvalue weighted by Crippen LogP contribution is -2.33. The van der Waals surface area contributed by atoms with Gasteiger partial charge in [-0.2, -0.15) is 0 Å². The molecule has 2 atom stereocenters. The van der Waals surface area contributed by atoms with E-state index in [1.807, 2.05) is 0 Å². The molecule has 2 nitrogen and oxygen atoms in total. The minimum atomic E-state index is -0.584. The van der Waals surface area contributed by atoms with Crippen LogP contribution in [0.2, 0.25) is 0 Å². The Balaban J connectivity index is 2.17. The van der Waals surface area contributed by atoms with Crippen molar-refractivity contribution < 1.29 is 9.90 Å². The summed E-state index contributed by atoms with van der Waals surface area (Å²) in [5.74, 6) is -0.228. The summed E-state index contributed by atoms with van der Waals surface area (Å²) in [5, 5.41) is 9.14. The molecule has 0 heterocycles. The van der Waals surface area contributed by atoms with Gasteiger partial charge >= 0.3 is 5.97 Å². The van der Waals surface area contributed by atoms with E-state index in [0.717, 1.165) is 6.42 Å². The molecule has 2 heteroatoms. The number of hydrogen-bond donors (Lipinski definition) is 1. The maximum atomic E-state index is 11.1. The number of aliphatic carboxylic acids is 1. The molecule has 0 amide bonds. The first kappa shape index (κ1) is 10.0. The molecule has 0 aromatic carbocycles. The second-order valence-electron chi connectivity index (χ2n) is 5.68. The van der Waals surface area contributed by atoms with Crippen molar-refractivity contribution in [3.05, 3.63) is 0 Å². The highest BCUT2D eigenvalue weighted by molar-refractivity contribution is 5.75. The Morgan fingerprint density at radius 1 is 1.43 bits per heavy atom. The molecule has 80 valence electrons. The van der Waals surface area contributed by atoms with Crippen molar-refractivity contribution in [1.82, 2.24) is 0 Å². The van der Waals surface area contributed by atoms with Crippen LogP contribution in [0.25, 0.3) is 0 Å². The largest absolute Gasteiger partial charge is 0.481 e. The highest BCUT2D eigenvalue weighted by Gasteiger charge is 2.69. The molecule has 0 aromatic rings. The first-order chi connectivity index (χ1) is 6.46. The van der Waals surface area contributed by atoms with E-state index in [2.05, 4.69) is 20.8 Å². The van der Waals surface area contributed by atoms with E-state index in [1.54, 1.807) is 0 Å². The third kappa shape index (κ3) is 1.06. The minimum Gasteiger partial charge on any atom is -0.481 e. The van der Waals surface area contributed by atoms with Gasteiger partial charge in [0.25, 0.3) is 0 Å². The Morgan fingerprint density at radius 3 is 2.21 bits per heavy atom. The van der Waals surface area contributed by atoms with Crippen molar-refractivity contribution in [3.63, 3.8) is 0 Å². The standard InChI is InChI=1S/C12H20O2/c1-4-12(6-5-7-12)9-8(10(13)14)11(9,2)3/h8-9H,4-7H2,1-3H3,(H,13,14)/t8-,9+/m1/s1. The number of hydrogen-bond acceptors (Lipinski definition) is 1. The second kappa shape index (κ2) is 2.74. The van der Waals surface area contributed by atoms with Gasteiger partial charge in [-0.15, -0.1) is 0 Å². The van der Waals surface area contributed by atoms with Crippen LogP contribution in [0.15, 0.2) is 0 Å². The molecule has 0 aliphatic heterocycles. The summed E-state index contributed by atoms with van der Waals surface area (Å²) in [5.41, 5.74) is 0.425. The van der Waals surface area contributed by atoms with Crippen LogP contribution in [0, 0.1) is 22.7 Å². The third-order valence-corrected chi connectivity index (χ3v) is 4.81. The predicted molar refractivity (Wildman–Crippen MR) is 55.0 cm³/mol. The monoisotopic (exact) mass is 196 g/mol. The fourth-order valence-corrected chi connectivity index (χ4v) is 3.76. The van der Waals surface area contributed by atoms with Gasteiger partial charge in [-0.05, 0) is 29.6 Å². The number of carbonyl (C=O) groups is 1. The van der Waals surface area contributed by atoms with Crippen LogP contribution in [0.3, 0.4) is 0 Å². The van der Waals surface area contributed by atoms with Crippen LogP contribution in [0.4, 0.5) is 0 Å². The van der Waals surface area contributed by atoms with Crippen molar-refractivity contribution in [2.24, 2.45) is 22.7 Å². The first-order valence-electron chi connectivity index (χ1n) is 5.68. The van der Waals surface area contributed by atoms with E-state index < -0.39 is 5.97 Å². The van der Waals surface area contributed by atoms with Gasteiger partial charge in [0.2, 0.25) is 0 Å². The molecule has 14 heavy (non-hydrogen) atoms. The number of carboxylic acid groups (broad SMARTS) is 1. The van der Waals surface area contributed by atoms with Crippen LogP contribution < -0.4 is 0 Å².